The molecule has 0 saturated heterocycles. The third kappa shape index (κ3) is 5.88. The van der Waals surface area contributed by atoms with E-state index in [1.165, 1.54) is 22.7 Å². The molecule has 3 rings (SSSR count). The first-order valence-corrected chi connectivity index (χ1v) is 10.9. The SMILES string of the molecule is CCOC(=O)c1cc(NC(=O)COC(=O)c2cccc(NSC)c2)nn1-c1ccccc1. The molecule has 0 unspecified atom stereocenters. The topological polar surface area (TPSA) is 112 Å². The van der Waals surface area contributed by atoms with E-state index in [0.29, 0.717) is 11.3 Å². The summed E-state index contributed by atoms with van der Waals surface area (Å²) >= 11 is 1.39. The molecule has 0 radical (unpaired) electrons. The van der Waals surface area contributed by atoms with Gasteiger partial charge in [-0.3, -0.25) is 4.79 Å². The molecule has 9 nitrogen and oxygen atoms in total. The summed E-state index contributed by atoms with van der Waals surface area (Å²) in [6.07, 6.45) is 1.86. The Morgan fingerprint density at radius 3 is 2.50 bits per heavy atom. The Bertz CT molecular complexity index is 1100. The number of aromatic nitrogens is 2. The molecule has 3 aromatic rings. The van der Waals surface area contributed by atoms with Crippen LogP contribution in [0.15, 0.2) is 60.7 Å². The van der Waals surface area contributed by atoms with Gasteiger partial charge in [0.25, 0.3) is 5.91 Å². The number of ether oxygens (including phenoxy) is 2. The number of carbonyl (C=O) groups is 3. The van der Waals surface area contributed by atoms with Gasteiger partial charge in [0.1, 0.15) is 0 Å². The minimum Gasteiger partial charge on any atom is -0.461 e. The van der Waals surface area contributed by atoms with Crippen molar-refractivity contribution >= 4 is 41.3 Å². The fourth-order valence-corrected chi connectivity index (χ4v) is 3.14. The number of rotatable bonds is 9. The van der Waals surface area contributed by atoms with E-state index in [0.717, 1.165) is 5.69 Å². The molecule has 0 atom stereocenters. The van der Waals surface area contributed by atoms with Crippen molar-refractivity contribution in [1.29, 1.82) is 0 Å². The predicted molar refractivity (Wildman–Crippen MR) is 122 cm³/mol. The summed E-state index contributed by atoms with van der Waals surface area (Å²) in [5.41, 5.74) is 1.84. The number of hydrogen-bond donors (Lipinski definition) is 2. The second-order valence-corrected chi connectivity index (χ2v) is 7.01. The molecule has 0 spiro atoms. The Morgan fingerprint density at radius 2 is 1.78 bits per heavy atom. The van der Waals surface area contributed by atoms with E-state index in [9.17, 15) is 14.4 Å². The summed E-state index contributed by atoms with van der Waals surface area (Å²) in [6, 6.07) is 17.1. The van der Waals surface area contributed by atoms with Gasteiger partial charge >= 0.3 is 11.9 Å². The van der Waals surface area contributed by atoms with E-state index in [-0.39, 0.29) is 18.1 Å². The van der Waals surface area contributed by atoms with Gasteiger partial charge in [0.05, 0.1) is 17.9 Å². The van der Waals surface area contributed by atoms with Crippen LogP contribution in [0, 0.1) is 0 Å². The fraction of sp³-hybridized carbons (Fsp3) is 0.182. The summed E-state index contributed by atoms with van der Waals surface area (Å²) in [6.45, 7) is 1.39. The second-order valence-electron chi connectivity index (χ2n) is 6.39. The van der Waals surface area contributed by atoms with Gasteiger partial charge < -0.3 is 19.5 Å². The molecule has 32 heavy (non-hydrogen) atoms. The van der Waals surface area contributed by atoms with Crippen molar-refractivity contribution in [3.63, 3.8) is 0 Å². The zero-order valence-electron chi connectivity index (χ0n) is 17.5. The summed E-state index contributed by atoms with van der Waals surface area (Å²) in [5, 5.41) is 6.81. The third-order valence-electron chi connectivity index (χ3n) is 4.11. The van der Waals surface area contributed by atoms with Crippen molar-refractivity contribution in [2.45, 2.75) is 6.92 Å². The Kier molecular flexibility index (Phi) is 7.87. The zero-order chi connectivity index (χ0) is 22.9. The van der Waals surface area contributed by atoms with Gasteiger partial charge in [-0.15, -0.1) is 5.10 Å². The van der Waals surface area contributed by atoms with Crippen molar-refractivity contribution in [1.82, 2.24) is 9.78 Å². The maximum Gasteiger partial charge on any atom is 0.357 e. The highest BCUT2D eigenvalue weighted by molar-refractivity contribution is 7.99. The number of benzene rings is 2. The average molecular weight is 455 g/mol. The Balaban J connectivity index is 1.67. The molecule has 2 aromatic carbocycles. The summed E-state index contributed by atoms with van der Waals surface area (Å²) in [7, 11) is 0. The van der Waals surface area contributed by atoms with Gasteiger partial charge in [0.2, 0.25) is 0 Å². The standard InChI is InChI=1S/C22H22N4O5S/c1-3-30-22(29)18-13-19(24-26(18)17-10-5-4-6-11-17)23-20(27)14-31-21(28)15-8-7-9-16(12-15)25-32-2/h4-13,25H,3,14H2,1-2H3,(H,23,24,27). The van der Waals surface area contributed by atoms with E-state index in [4.69, 9.17) is 9.47 Å². The first-order valence-electron chi connectivity index (χ1n) is 9.70. The highest BCUT2D eigenvalue weighted by Gasteiger charge is 2.19. The van der Waals surface area contributed by atoms with E-state index < -0.39 is 24.5 Å². The molecule has 0 bridgehead atoms. The fourth-order valence-electron chi connectivity index (χ4n) is 2.78. The quantitative estimate of drug-likeness (QED) is 0.373. The molecule has 1 amide bonds. The van der Waals surface area contributed by atoms with Crippen LogP contribution >= 0.6 is 11.9 Å². The Morgan fingerprint density at radius 1 is 1.00 bits per heavy atom. The average Bonchev–Trinajstić information content (AvgIpc) is 3.22. The Hall–Kier alpha value is -3.79. The predicted octanol–water partition coefficient (Wildman–Crippen LogP) is 3.53. The molecule has 0 aliphatic carbocycles. The normalized spacial score (nSPS) is 10.3. The number of hydrogen-bond acceptors (Lipinski definition) is 8. The van der Waals surface area contributed by atoms with Crippen molar-refractivity contribution < 1.29 is 23.9 Å². The molecule has 0 aliphatic heterocycles. The zero-order valence-corrected chi connectivity index (χ0v) is 18.3. The number of nitrogens with one attached hydrogen (secondary N) is 2. The minimum absolute atomic E-state index is 0.129. The number of anilines is 2. The Labute approximate surface area is 189 Å². The van der Waals surface area contributed by atoms with Crippen LogP contribution < -0.4 is 10.0 Å². The maximum absolute atomic E-state index is 12.3. The highest BCUT2D eigenvalue weighted by Crippen LogP contribution is 2.17. The van der Waals surface area contributed by atoms with Crippen LogP contribution in [0.25, 0.3) is 5.69 Å². The first kappa shape index (κ1) is 22.9. The number of nitrogens with zero attached hydrogens (tertiary/aromatic N) is 2. The second kappa shape index (κ2) is 11.0. The molecule has 0 fully saturated rings. The van der Waals surface area contributed by atoms with Gasteiger partial charge in [-0.05, 0) is 37.3 Å². The molecule has 0 aliphatic rings. The van der Waals surface area contributed by atoms with Crippen molar-refractivity contribution in [2.24, 2.45) is 0 Å². The highest BCUT2D eigenvalue weighted by atomic mass is 32.2. The van der Waals surface area contributed by atoms with Crippen molar-refractivity contribution in [3.8, 4) is 5.69 Å². The number of carbonyl (C=O) groups excluding carboxylic acids is 3. The van der Waals surface area contributed by atoms with Crippen molar-refractivity contribution in [2.75, 3.05) is 29.5 Å². The monoisotopic (exact) mass is 454 g/mol. The molecule has 1 aromatic heterocycles. The van der Waals surface area contributed by atoms with Crippen LogP contribution in [-0.4, -0.2) is 47.1 Å². The minimum atomic E-state index is -0.632. The van der Waals surface area contributed by atoms with E-state index in [2.05, 4.69) is 15.1 Å². The van der Waals surface area contributed by atoms with Gasteiger partial charge in [-0.2, -0.15) is 0 Å². The molecule has 10 heteroatoms. The molecule has 1 heterocycles. The first-order chi connectivity index (χ1) is 15.5. The molecule has 0 saturated carbocycles. The molecule has 2 N–H and O–H groups in total. The van der Waals surface area contributed by atoms with Crippen molar-refractivity contribution in [3.05, 3.63) is 71.9 Å². The smallest absolute Gasteiger partial charge is 0.357 e. The van der Waals surface area contributed by atoms with Crippen LogP contribution in [0.4, 0.5) is 11.5 Å². The van der Waals surface area contributed by atoms with Gasteiger partial charge in [0.15, 0.2) is 18.1 Å². The largest absolute Gasteiger partial charge is 0.461 e. The molecular weight excluding hydrogens is 432 g/mol. The number of esters is 2. The third-order valence-corrected chi connectivity index (χ3v) is 4.55. The lowest BCUT2D eigenvalue weighted by atomic mass is 10.2. The maximum atomic E-state index is 12.3. The molecular formula is C22H22N4O5S. The lowest BCUT2D eigenvalue weighted by Gasteiger charge is -2.07. The number of para-hydroxylation sites is 1. The van der Waals surface area contributed by atoms with Crippen LogP contribution in [0.5, 0.6) is 0 Å². The van der Waals surface area contributed by atoms with Crippen LogP contribution in [0.2, 0.25) is 0 Å². The number of amides is 1. The summed E-state index contributed by atoms with van der Waals surface area (Å²) < 4.78 is 14.6. The van der Waals surface area contributed by atoms with Gasteiger partial charge in [0, 0.05) is 18.0 Å². The summed E-state index contributed by atoms with van der Waals surface area (Å²) in [5.74, 6) is -1.67. The molecule has 166 valence electrons. The van der Waals surface area contributed by atoms with E-state index in [1.807, 2.05) is 18.4 Å². The lowest BCUT2D eigenvalue weighted by Crippen LogP contribution is -2.21. The van der Waals surface area contributed by atoms with Crippen LogP contribution in [-0.2, 0) is 14.3 Å². The lowest BCUT2D eigenvalue weighted by molar-refractivity contribution is -0.119. The van der Waals surface area contributed by atoms with E-state index in [1.54, 1.807) is 49.4 Å². The van der Waals surface area contributed by atoms with Crippen LogP contribution in [0.1, 0.15) is 27.8 Å². The van der Waals surface area contributed by atoms with Crippen LogP contribution in [0.3, 0.4) is 0 Å². The van der Waals surface area contributed by atoms with Gasteiger partial charge in [-0.25, -0.2) is 14.3 Å². The summed E-state index contributed by atoms with van der Waals surface area (Å²) in [4.78, 5) is 36.9. The van der Waals surface area contributed by atoms with Gasteiger partial charge in [-0.1, -0.05) is 36.2 Å². The van der Waals surface area contributed by atoms with E-state index >= 15 is 0 Å².